The van der Waals surface area contributed by atoms with Crippen LogP contribution in [0.15, 0.2) is 11.4 Å². The lowest BCUT2D eigenvalue weighted by Crippen LogP contribution is -2.50. The fraction of sp³-hybridized carbons (Fsp3) is 0.500. The Morgan fingerprint density at radius 1 is 1.50 bits per heavy atom. The van der Waals surface area contributed by atoms with Gasteiger partial charge in [0.1, 0.15) is 10.6 Å². The van der Waals surface area contributed by atoms with Crippen molar-refractivity contribution in [2.24, 2.45) is 0 Å². The molecule has 2 rings (SSSR count). The van der Waals surface area contributed by atoms with E-state index in [2.05, 4.69) is 10.1 Å². The fourth-order valence-electron chi connectivity index (χ4n) is 1.67. The van der Waals surface area contributed by atoms with Crippen LogP contribution in [0.2, 0.25) is 0 Å². The first kappa shape index (κ1) is 13.1. The Bertz CT molecular complexity index is 441. The van der Waals surface area contributed by atoms with Crippen LogP contribution in [0, 0.1) is 0 Å². The van der Waals surface area contributed by atoms with Crippen LogP contribution >= 0.6 is 11.3 Å². The number of carbonyl (C=O) groups excluding carboxylic acids is 1. The standard InChI is InChI=1S/C10H9F4NO2S/c11-9(12)17-6-1-2-18-7(6)8(16)15-5-3-10(13,14)4-5/h1-2,5,9H,3-4H2,(H,15,16). The number of nitrogens with one attached hydrogen (secondary N) is 1. The van der Waals surface area contributed by atoms with Crippen molar-refractivity contribution < 1.29 is 27.1 Å². The van der Waals surface area contributed by atoms with Crippen molar-refractivity contribution in [3.05, 3.63) is 16.3 Å². The number of alkyl halides is 4. The molecule has 1 N–H and O–H groups in total. The average Bonchev–Trinajstić information content (AvgIpc) is 2.61. The van der Waals surface area contributed by atoms with Crippen molar-refractivity contribution >= 4 is 17.2 Å². The summed E-state index contributed by atoms with van der Waals surface area (Å²) in [7, 11) is 0. The van der Waals surface area contributed by atoms with E-state index < -0.39 is 37.3 Å². The van der Waals surface area contributed by atoms with E-state index in [9.17, 15) is 22.4 Å². The molecule has 1 aromatic rings. The number of rotatable bonds is 4. The molecule has 0 saturated heterocycles. The summed E-state index contributed by atoms with van der Waals surface area (Å²) in [6.45, 7) is -3.03. The highest BCUT2D eigenvalue weighted by Crippen LogP contribution is 2.38. The van der Waals surface area contributed by atoms with Crippen LogP contribution < -0.4 is 10.1 Å². The Balaban J connectivity index is 1.95. The van der Waals surface area contributed by atoms with Crippen LogP contribution in [0.4, 0.5) is 17.6 Å². The van der Waals surface area contributed by atoms with E-state index in [1.807, 2.05) is 0 Å². The minimum atomic E-state index is -3.03. The van der Waals surface area contributed by atoms with Gasteiger partial charge in [0.25, 0.3) is 11.8 Å². The lowest BCUT2D eigenvalue weighted by atomic mass is 9.88. The average molecular weight is 283 g/mol. The first-order valence-corrected chi connectivity index (χ1v) is 5.96. The lowest BCUT2D eigenvalue weighted by Gasteiger charge is -2.35. The van der Waals surface area contributed by atoms with E-state index in [1.54, 1.807) is 0 Å². The smallest absolute Gasteiger partial charge is 0.387 e. The molecule has 3 nitrogen and oxygen atoms in total. The van der Waals surface area contributed by atoms with Crippen molar-refractivity contribution in [2.45, 2.75) is 31.4 Å². The maximum absolute atomic E-state index is 12.6. The summed E-state index contributed by atoms with van der Waals surface area (Å²) in [6.07, 6.45) is -0.843. The molecule has 1 heterocycles. The van der Waals surface area contributed by atoms with Crippen LogP contribution in [0.3, 0.4) is 0 Å². The SMILES string of the molecule is O=C(NC1CC(F)(F)C1)c1sccc1OC(F)F. The highest BCUT2D eigenvalue weighted by molar-refractivity contribution is 7.12. The Labute approximate surface area is 104 Å². The predicted octanol–water partition coefficient (Wildman–Crippen LogP) is 2.88. The van der Waals surface area contributed by atoms with Crippen LogP contribution in [-0.2, 0) is 0 Å². The number of carbonyl (C=O) groups is 1. The molecule has 0 aromatic carbocycles. The Morgan fingerprint density at radius 2 is 2.17 bits per heavy atom. The summed E-state index contributed by atoms with van der Waals surface area (Å²) < 4.78 is 53.3. The van der Waals surface area contributed by atoms with Gasteiger partial charge in [0.15, 0.2) is 0 Å². The molecule has 100 valence electrons. The van der Waals surface area contributed by atoms with Gasteiger partial charge < -0.3 is 10.1 Å². The Morgan fingerprint density at radius 3 is 2.72 bits per heavy atom. The number of ether oxygens (including phenoxy) is 1. The third-order valence-electron chi connectivity index (χ3n) is 2.48. The Hall–Kier alpha value is -1.31. The summed E-state index contributed by atoms with van der Waals surface area (Å²) in [4.78, 5) is 11.6. The highest BCUT2D eigenvalue weighted by atomic mass is 32.1. The molecule has 1 amide bonds. The van der Waals surface area contributed by atoms with Crippen molar-refractivity contribution in [2.75, 3.05) is 0 Å². The lowest BCUT2D eigenvalue weighted by molar-refractivity contribution is -0.0901. The van der Waals surface area contributed by atoms with Gasteiger partial charge in [-0.05, 0) is 11.4 Å². The van der Waals surface area contributed by atoms with Crippen LogP contribution in [0.25, 0.3) is 0 Å². The minimum Gasteiger partial charge on any atom is -0.433 e. The maximum Gasteiger partial charge on any atom is 0.387 e. The van der Waals surface area contributed by atoms with Gasteiger partial charge in [0.05, 0.1) is 0 Å². The molecule has 1 aromatic heterocycles. The largest absolute Gasteiger partial charge is 0.433 e. The zero-order valence-electron chi connectivity index (χ0n) is 8.96. The van der Waals surface area contributed by atoms with E-state index in [0.717, 1.165) is 11.3 Å². The van der Waals surface area contributed by atoms with Gasteiger partial charge in [-0.25, -0.2) is 8.78 Å². The van der Waals surface area contributed by atoms with Crippen LogP contribution in [0.5, 0.6) is 5.75 Å². The molecule has 1 saturated carbocycles. The summed E-state index contributed by atoms with van der Waals surface area (Å²) >= 11 is 0.918. The first-order chi connectivity index (χ1) is 8.37. The number of hydrogen-bond acceptors (Lipinski definition) is 3. The second-order valence-electron chi connectivity index (χ2n) is 3.93. The normalized spacial score (nSPS) is 18.5. The van der Waals surface area contributed by atoms with Gasteiger partial charge in [-0.1, -0.05) is 0 Å². The molecule has 0 bridgehead atoms. The molecule has 8 heteroatoms. The molecule has 1 aliphatic carbocycles. The van der Waals surface area contributed by atoms with Gasteiger partial charge in [-0.2, -0.15) is 8.78 Å². The van der Waals surface area contributed by atoms with E-state index in [-0.39, 0.29) is 10.6 Å². The van der Waals surface area contributed by atoms with Crippen LogP contribution in [-0.4, -0.2) is 24.5 Å². The summed E-state index contributed by atoms with van der Waals surface area (Å²) in [5, 5.41) is 3.77. The quantitative estimate of drug-likeness (QED) is 0.863. The van der Waals surface area contributed by atoms with E-state index >= 15 is 0 Å². The minimum absolute atomic E-state index is 0.0366. The molecule has 18 heavy (non-hydrogen) atoms. The predicted molar refractivity (Wildman–Crippen MR) is 56.4 cm³/mol. The third-order valence-corrected chi connectivity index (χ3v) is 3.37. The maximum atomic E-state index is 12.6. The van der Waals surface area contributed by atoms with Gasteiger partial charge in [0, 0.05) is 18.9 Å². The highest BCUT2D eigenvalue weighted by Gasteiger charge is 2.46. The number of hydrogen-bond donors (Lipinski definition) is 1. The fourth-order valence-corrected chi connectivity index (χ4v) is 2.39. The molecule has 0 spiro atoms. The van der Waals surface area contributed by atoms with E-state index in [0.29, 0.717) is 0 Å². The zero-order chi connectivity index (χ0) is 13.3. The van der Waals surface area contributed by atoms with E-state index in [1.165, 1.54) is 11.4 Å². The molecule has 0 aliphatic heterocycles. The van der Waals surface area contributed by atoms with Crippen molar-refractivity contribution in [1.82, 2.24) is 5.32 Å². The van der Waals surface area contributed by atoms with Gasteiger partial charge in [-0.3, -0.25) is 4.79 Å². The van der Waals surface area contributed by atoms with Crippen molar-refractivity contribution in [1.29, 1.82) is 0 Å². The number of thiophene rings is 1. The molecule has 1 fully saturated rings. The molecular formula is C10H9F4NO2S. The van der Waals surface area contributed by atoms with Gasteiger partial charge in [-0.15, -0.1) is 11.3 Å². The van der Waals surface area contributed by atoms with Crippen molar-refractivity contribution in [3.63, 3.8) is 0 Å². The topological polar surface area (TPSA) is 38.3 Å². The third kappa shape index (κ3) is 2.92. The van der Waals surface area contributed by atoms with Gasteiger partial charge >= 0.3 is 6.61 Å². The summed E-state index contributed by atoms with van der Waals surface area (Å²) in [5.74, 6) is -3.64. The summed E-state index contributed by atoms with van der Waals surface area (Å²) in [5.41, 5.74) is 0. The van der Waals surface area contributed by atoms with Crippen LogP contribution in [0.1, 0.15) is 22.5 Å². The molecule has 0 unspecified atom stereocenters. The van der Waals surface area contributed by atoms with Gasteiger partial charge in [0.2, 0.25) is 0 Å². The second-order valence-corrected chi connectivity index (χ2v) is 4.84. The molecule has 1 aliphatic rings. The molecular weight excluding hydrogens is 274 g/mol. The number of amides is 1. The zero-order valence-corrected chi connectivity index (χ0v) is 9.78. The summed E-state index contributed by atoms with van der Waals surface area (Å²) in [6, 6.07) is 0.621. The first-order valence-electron chi connectivity index (χ1n) is 5.08. The van der Waals surface area contributed by atoms with E-state index in [4.69, 9.17) is 0 Å². The Kier molecular flexibility index (Phi) is 3.47. The monoisotopic (exact) mass is 283 g/mol. The number of halogens is 4. The molecule has 0 atom stereocenters. The molecule has 0 radical (unpaired) electrons. The van der Waals surface area contributed by atoms with Crippen molar-refractivity contribution in [3.8, 4) is 5.75 Å². The second kappa shape index (κ2) is 4.75.